The number of aliphatic hydroxyl groups is 1. The fourth-order valence-electron chi connectivity index (χ4n) is 5.51. The maximum Gasteiger partial charge on any atom is 0.274 e. The highest BCUT2D eigenvalue weighted by Gasteiger charge is 2.25. The number of benzene rings is 2. The average molecular weight is 595 g/mol. The Bertz CT molecular complexity index is 2000. The van der Waals surface area contributed by atoms with E-state index in [0.29, 0.717) is 39.4 Å². The Kier molecular flexibility index (Phi) is 7.69. The number of anilines is 2. The number of ether oxygens (including phenoxy) is 1. The lowest BCUT2D eigenvalue weighted by Gasteiger charge is -2.23. The van der Waals surface area contributed by atoms with Crippen LogP contribution in [0.2, 0.25) is 0 Å². The molecule has 0 saturated heterocycles. The molecule has 5 aromatic rings. The molecule has 3 heterocycles. The van der Waals surface area contributed by atoms with E-state index in [1.807, 2.05) is 51.1 Å². The summed E-state index contributed by atoms with van der Waals surface area (Å²) in [6.45, 7) is 5.71. The SMILES string of the molecule is Cn1cc(-c2cccc(-n3c(COC(C)(C)C)cc4cc(C5CC5)ccc4c3=O)c2CO)cc(Nc2cccc(F)n2)c1=O. The number of rotatable bonds is 8. The highest BCUT2D eigenvalue weighted by Crippen LogP contribution is 2.41. The van der Waals surface area contributed by atoms with Gasteiger partial charge >= 0.3 is 0 Å². The van der Waals surface area contributed by atoms with E-state index in [0.717, 1.165) is 18.2 Å². The number of aromatic nitrogens is 3. The first-order valence-electron chi connectivity index (χ1n) is 14.7. The number of aliphatic hydroxyl groups excluding tert-OH is 1. The van der Waals surface area contributed by atoms with Gasteiger partial charge in [-0.15, -0.1) is 0 Å². The van der Waals surface area contributed by atoms with Gasteiger partial charge in [-0.25, -0.2) is 4.98 Å². The second-order valence-corrected chi connectivity index (χ2v) is 12.3. The third-order valence-corrected chi connectivity index (χ3v) is 7.84. The fourth-order valence-corrected chi connectivity index (χ4v) is 5.51. The van der Waals surface area contributed by atoms with E-state index >= 15 is 0 Å². The van der Waals surface area contributed by atoms with E-state index in [-0.39, 0.29) is 35.8 Å². The van der Waals surface area contributed by atoms with E-state index in [1.165, 1.54) is 22.3 Å². The minimum atomic E-state index is -0.672. The molecule has 0 spiro atoms. The maximum atomic E-state index is 14.2. The minimum absolute atomic E-state index is 0.186. The van der Waals surface area contributed by atoms with Crippen molar-refractivity contribution in [3.63, 3.8) is 0 Å². The molecule has 2 N–H and O–H groups in total. The summed E-state index contributed by atoms with van der Waals surface area (Å²) in [4.78, 5) is 31.0. The minimum Gasteiger partial charge on any atom is -0.392 e. The third kappa shape index (κ3) is 5.93. The number of nitrogens with one attached hydrogen (secondary N) is 1. The molecule has 6 rings (SSSR count). The Morgan fingerprint density at radius 2 is 1.80 bits per heavy atom. The molecular formula is C35H35FN4O4. The lowest BCUT2D eigenvalue weighted by atomic mass is 9.98. The molecule has 1 fully saturated rings. The van der Waals surface area contributed by atoms with Gasteiger partial charge in [0.2, 0.25) is 5.95 Å². The summed E-state index contributed by atoms with van der Waals surface area (Å²) in [5.74, 6) is 0.0622. The number of hydrogen-bond donors (Lipinski definition) is 2. The third-order valence-electron chi connectivity index (χ3n) is 7.84. The van der Waals surface area contributed by atoms with Crippen LogP contribution < -0.4 is 16.4 Å². The van der Waals surface area contributed by atoms with Crippen molar-refractivity contribution >= 4 is 22.3 Å². The molecule has 226 valence electrons. The highest BCUT2D eigenvalue weighted by atomic mass is 19.1. The Morgan fingerprint density at radius 1 is 1.02 bits per heavy atom. The molecule has 1 aliphatic rings. The summed E-state index contributed by atoms with van der Waals surface area (Å²) in [6, 6.07) is 19.4. The van der Waals surface area contributed by atoms with Gasteiger partial charge in [0.05, 0.1) is 30.2 Å². The average Bonchev–Trinajstić information content (AvgIpc) is 3.83. The van der Waals surface area contributed by atoms with E-state index in [1.54, 1.807) is 36.0 Å². The van der Waals surface area contributed by atoms with Gasteiger partial charge in [0, 0.05) is 29.8 Å². The summed E-state index contributed by atoms with van der Waals surface area (Å²) < 4.78 is 22.9. The van der Waals surface area contributed by atoms with Crippen LogP contribution in [0, 0.1) is 5.95 Å². The van der Waals surface area contributed by atoms with Gasteiger partial charge in [0.1, 0.15) is 11.5 Å². The first-order chi connectivity index (χ1) is 21.0. The largest absolute Gasteiger partial charge is 0.392 e. The van der Waals surface area contributed by atoms with Gasteiger partial charge in [-0.05, 0) is 92.4 Å². The van der Waals surface area contributed by atoms with Crippen LogP contribution in [-0.4, -0.2) is 24.8 Å². The Hall–Kier alpha value is -4.60. The van der Waals surface area contributed by atoms with E-state index in [2.05, 4.69) is 16.4 Å². The summed E-state index contributed by atoms with van der Waals surface area (Å²) in [5.41, 5.74) is 3.39. The predicted octanol–water partition coefficient (Wildman–Crippen LogP) is 6.32. The summed E-state index contributed by atoms with van der Waals surface area (Å²) in [7, 11) is 1.62. The molecule has 2 aromatic carbocycles. The van der Waals surface area contributed by atoms with E-state index in [4.69, 9.17) is 4.74 Å². The van der Waals surface area contributed by atoms with Crippen LogP contribution in [0.25, 0.3) is 27.6 Å². The van der Waals surface area contributed by atoms with Crippen molar-refractivity contribution in [2.75, 3.05) is 5.32 Å². The van der Waals surface area contributed by atoms with Crippen LogP contribution in [0.3, 0.4) is 0 Å². The second-order valence-electron chi connectivity index (χ2n) is 12.3. The topological polar surface area (TPSA) is 98.4 Å². The van der Waals surface area contributed by atoms with Gasteiger partial charge in [-0.2, -0.15) is 4.39 Å². The lowest BCUT2D eigenvalue weighted by Crippen LogP contribution is -2.26. The molecule has 0 bridgehead atoms. The molecule has 1 saturated carbocycles. The smallest absolute Gasteiger partial charge is 0.274 e. The van der Waals surface area contributed by atoms with Crippen molar-refractivity contribution in [1.29, 1.82) is 0 Å². The zero-order valence-corrected chi connectivity index (χ0v) is 25.2. The number of aryl methyl sites for hydroxylation is 1. The predicted molar refractivity (Wildman–Crippen MR) is 170 cm³/mol. The molecule has 3 aromatic heterocycles. The van der Waals surface area contributed by atoms with Crippen LogP contribution >= 0.6 is 0 Å². The molecule has 0 radical (unpaired) electrons. The Labute approximate surface area is 254 Å². The molecule has 0 atom stereocenters. The molecule has 0 amide bonds. The van der Waals surface area contributed by atoms with E-state index < -0.39 is 11.5 Å². The normalized spacial score (nSPS) is 13.4. The number of pyridine rings is 3. The van der Waals surface area contributed by atoms with Gasteiger partial charge < -0.3 is 19.7 Å². The monoisotopic (exact) mass is 594 g/mol. The van der Waals surface area contributed by atoms with Gasteiger partial charge in [-0.3, -0.25) is 14.2 Å². The van der Waals surface area contributed by atoms with Crippen LogP contribution in [0.15, 0.2) is 82.5 Å². The Morgan fingerprint density at radius 3 is 2.50 bits per heavy atom. The summed E-state index contributed by atoms with van der Waals surface area (Å²) >= 11 is 0. The van der Waals surface area contributed by atoms with Crippen molar-refractivity contribution < 1.29 is 14.2 Å². The lowest BCUT2D eigenvalue weighted by molar-refractivity contribution is -0.0172. The number of fused-ring (bicyclic) bond motifs is 1. The molecular weight excluding hydrogens is 559 g/mol. The van der Waals surface area contributed by atoms with Crippen LogP contribution in [-0.2, 0) is 25.0 Å². The van der Waals surface area contributed by atoms with Crippen LogP contribution in [0.1, 0.15) is 56.4 Å². The summed E-state index contributed by atoms with van der Waals surface area (Å²) in [5, 5.41) is 15.1. The molecule has 0 aliphatic heterocycles. The van der Waals surface area contributed by atoms with Gasteiger partial charge in [0.25, 0.3) is 11.1 Å². The Balaban J connectivity index is 1.52. The van der Waals surface area contributed by atoms with Crippen molar-refractivity contribution in [2.45, 2.75) is 58.3 Å². The first kappa shape index (κ1) is 29.5. The van der Waals surface area contributed by atoms with Gasteiger partial charge in [-0.1, -0.05) is 30.3 Å². The quantitative estimate of drug-likeness (QED) is 0.204. The van der Waals surface area contributed by atoms with Crippen molar-refractivity contribution in [2.24, 2.45) is 7.05 Å². The van der Waals surface area contributed by atoms with Crippen molar-refractivity contribution in [3.8, 4) is 16.8 Å². The standard InChI is InChI=1S/C35H35FN4O4/c1-35(2,3)44-20-25-16-23-15-22(21-11-12-21)13-14-27(23)33(42)40(25)30-8-5-7-26(28(30)19-41)24-17-29(34(43)39(4)18-24)37-32-10-6-9-31(36)38-32/h5-10,13-18,21,41H,11-12,19-20H2,1-4H3,(H,37,38). The highest BCUT2D eigenvalue weighted by molar-refractivity contribution is 5.84. The molecule has 44 heavy (non-hydrogen) atoms. The zero-order chi connectivity index (χ0) is 31.2. The summed E-state index contributed by atoms with van der Waals surface area (Å²) in [6.07, 6.45) is 3.99. The molecule has 8 nitrogen and oxygen atoms in total. The van der Waals surface area contributed by atoms with Crippen LogP contribution in [0.5, 0.6) is 0 Å². The number of hydrogen-bond acceptors (Lipinski definition) is 6. The molecule has 0 unspecified atom stereocenters. The maximum absolute atomic E-state index is 14.2. The number of nitrogens with zero attached hydrogens (tertiary/aromatic N) is 3. The molecule has 9 heteroatoms. The number of halogens is 1. The second kappa shape index (κ2) is 11.5. The molecule has 1 aliphatic carbocycles. The van der Waals surface area contributed by atoms with Crippen molar-refractivity contribution in [1.82, 2.24) is 14.1 Å². The van der Waals surface area contributed by atoms with Gasteiger partial charge in [0.15, 0.2) is 0 Å². The van der Waals surface area contributed by atoms with Crippen molar-refractivity contribution in [3.05, 3.63) is 116 Å². The first-order valence-corrected chi connectivity index (χ1v) is 14.7. The fraction of sp³-hybridized carbons (Fsp3) is 0.286. The van der Waals surface area contributed by atoms with E-state index in [9.17, 15) is 19.1 Å². The van der Waals surface area contributed by atoms with Crippen LogP contribution in [0.4, 0.5) is 15.9 Å². The zero-order valence-electron chi connectivity index (χ0n) is 25.2.